The van der Waals surface area contributed by atoms with E-state index in [-0.39, 0.29) is 21.7 Å². The van der Waals surface area contributed by atoms with E-state index in [1.54, 1.807) is 6.92 Å². The lowest BCUT2D eigenvalue weighted by atomic mass is 10.0. The Labute approximate surface area is 130 Å². The summed E-state index contributed by atoms with van der Waals surface area (Å²) in [5, 5.41) is 6.43. The Bertz CT molecular complexity index is 316. The summed E-state index contributed by atoms with van der Waals surface area (Å²) in [4.78, 5) is 21.9. The molecule has 0 aromatic carbocycles. The lowest BCUT2D eigenvalue weighted by Crippen LogP contribution is -2.36. The van der Waals surface area contributed by atoms with Gasteiger partial charge in [0.1, 0.15) is 5.78 Å². The first-order valence-electron chi connectivity index (χ1n) is 7.26. The van der Waals surface area contributed by atoms with Crippen LogP contribution in [0.5, 0.6) is 0 Å². The van der Waals surface area contributed by atoms with Gasteiger partial charge in [-0.25, -0.2) is 4.79 Å². The van der Waals surface area contributed by atoms with E-state index in [2.05, 4.69) is 24.5 Å². The fraction of sp³-hybridized carbons (Fsp3) is 0.857. The number of amides is 2. The second-order valence-corrected chi connectivity index (χ2v) is 6.55. The van der Waals surface area contributed by atoms with Gasteiger partial charge >= 0.3 is 6.03 Å². The molecule has 4 nitrogen and oxygen atoms in total. The molecule has 118 valence electrons. The maximum Gasteiger partial charge on any atom is 0.315 e. The van der Waals surface area contributed by atoms with Crippen LogP contribution in [0, 0.1) is 0 Å². The van der Waals surface area contributed by atoms with Crippen LogP contribution in [0.25, 0.3) is 0 Å². The molecule has 0 aliphatic carbocycles. The fourth-order valence-corrected chi connectivity index (χ4v) is 3.91. The van der Waals surface area contributed by atoms with Crippen LogP contribution in [0.3, 0.4) is 0 Å². The van der Waals surface area contributed by atoms with Gasteiger partial charge in [-0.2, -0.15) is 21.7 Å². The van der Waals surface area contributed by atoms with Gasteiger partial charge in [-0.3, -0.25) is 0 Å². The quantitative estimate of drug-likeness (QED) is 0.465. The van der Waals surface area contributed by atoms with Crippen LogP contribution in [0.2, 0.25) is 0 Å². The molecule has 20 heavy (non-hydrogen) atoms. The molecule has 0 spiro atoms. The van der Waals surface area contributed by atoms with Crippen molar-refractivity contribution in [3.8, 4) is 0 Å². The molecule has 6 heteroatoms. The summed E-state index contributed by atoms with van der Waals surface area (Å²) < 4.78 is 0. The lowest BCUT2D eigenvalue weighted by Gasteiger charge is -2.16. The predicted molar refractivity (Wildman–Crippen MR) is 91.7 cm³/mol. The molecule has 0 aromatic rings. The summed E-state index contributed by atoms with van der Waals surface area (Å²) in [5.74, 6) is 1.29. The first kappa shape index (κ1) is 19.7. The second-order valence-electron chi connectivity index (χ2n) is 5.28. The molecule has 0 radical (unpaired) electrons. The zero-order valence-electron chi connectivity index (χ0n) is 12.9. The molecule has 2 amide bonds. The maximum atomic E-state index is 11.1. The topological polar surface area (TPSA) is 58.2 Å². The lowest BCUT2D eigenvalue weighted by molar-refractivity contribution is -0.117. The summed E-state index contributed by atoms with van der Waals surface area (Å²) in [6, 6.07) is 0.592. The molecule has 2 rings (SSSR count). The van der Waals surface area contributed by atoms with Gasteiger partial charge in [0.15, 0.2) is 0 Å². The molecule has 2 unspecified atom stereocenters. The molecule has 2 heterocycles. The summed E-state index contributed by atoms with van der Waals surface area (Å²) >= 11 is 1.93. The SMILES string of the molecule is CC(=O)CCCC[C@@H]1SC[C@@H]2NC(=O)NC21.CCC.P. The van der Waals surface area contributed by atoms with Crippen molar-refractivity contribution in [2.24, 2.45) is 0 Å². The van der Waals surface area contributed by atoms with Crippen molar-refractivity contribution in [1.82, 2.24) is 10.6 Å². The van der Waals surface area contributed by atoms with Gasteiger partial charge in [0.2, 0.25) is 0 Å². The number of thioether (sulfide) groups is 1. The Balaban J connectivity index is 0.000000830. The highest BCUT2D eigenvalue weighted by molar-refractivity contribution is 8.00. The number of hydrogen-bond acceptors (Lipinski definition) is 3. The predicted octanol–water partition coefficient (Wildman–Crippen LogP) is 2.78. The molecule has 2 aliphatic heterocycles. The average Bonchev–Trinajstić information content (AvgIpc) is 2.85. The van der Waals surface area contributed by atoms with Gasteiger partial charge in [0.05, 0.1) is 12.1 Å². The zero-order valence-corrected chi connectivity index (χ0v) is 15.1. The van der Waals surface area contributed by atoms with Crippen LogP contribution < -0.4 is 10.6 Å². The molecule has 0 aromatic heterocycles. The first-order chi connectivity index (χ1) is 9.08. The van der Waals surface area contributed by atoms with Crippen LogP contribution in [-0.4, -0.2) is 34.9 Å². The fourth-order valence-electron chi connectivity index (χ4n) is 2.36. The first-order valence-corrected chi connectivity index (χ1v) is 8.31. The smallest absolute Gasteiger partial charge is 0.315 e. The largest absolute Gasteiger partial charge is 0.332 e. The number of Topliss-reactive ketones (excluding diaryl/α,β-unsaturated/α-hetero) is 1. The standard InChI is InChI=1S/C11H18N2O2S.C3H8.H3P/c1-7(14)4-2-3-5-9-10-8(6-16-9)12-11(15)13-10;1-3-2;/h8-10H,2-6H2,1H3,(H2,12,13,15);3H2,1-2H3;1H3/t8-,9-,10?;;/m0../s1. The normalized spacial score (nSPS) is 26.6. The Morgan fingerprint density at radius 1 is 1.30 bits per heavy atom. The molecule has 0 bridgehead atoms. The Hall–Kier alpha value is -0.280. The zero-order chi connectivity index (χ0) is 14.3. The molecular weight excluding hydrogens is 291 g/mol. The number of unbranched alkanes of at least 4 members (excludes halogenated alkanes) is 1. The third-order valence-electron chi connectivity index (χ3n) is 3.21. The van der Waals surface area contributed by atoms with Gasteiger partial charge in [-0.1, -0.05) is 26.7 Å². The van der Waals surface area contributed by atoms with Crippen molar-refractivity contribution >= 4 is 33.5 Å². The third kappa shape index (κ3) is 6.45. The van der Waals surface area contributed by atoms with E-state index in [4.69, 9.17) is 0 Å². The number of ketones is 1. The molecule has 2 N–H and O–H groups in total. The number of fused-ring (bicyclic) bond motifs is 1. The van der Waals surface area contributed by atoms with Crippen molar-refractivity contribution < 1.29 is 9.59 Å². The van der Waals surface area contributed by atoms with Gasteiger partial charge < -0.3 is 15.4 Å². The molecular formula is C14H29N2O2PS. The van der Waals surface area contributed by atoms with Gasteiger partial charge in [-0.05, 0) is 19.8 Å². The summed E-state index contributed by atoms with van der Waals surface area (Å²) in [7, 11) is 0. The van der Waals surface area contributed by atoms with E-state index < -0.39 is 0 Å². The summed E-state index contributed by atoms with van der Waals surface area (Å²) in [6.07, 6.45) is 5.10. The maximum absolute atomic E-state index is 11.1. The Morgan fingerprint density at radius 2 is 1.95 bits per heavy atom. The highest BCUT2D eigenvalue weighted by Gasteiger charge is 2.42. The van der Waals surface area contributed by atoms with Crippen LogP contribution in [-0.2, 0) is 4.79 Å². The number of carbonyl (C=O) groups excluding carboxylic acids is 2. The van der Waals surface area contributed by atoms with Crippen molar-refractivity contribution in [3.63, 3.8) is 0 Å². The van der Waals surface area contributed by atoms with Crippen molar-refractivity contribution in [2.45, 2.75) is 70.2 Å². The van der Waals surface area contributed by atoms with Crippen molar-refractivity contribution in [2.75, 3.05) is 5.75 Å². The number of urea groups is 1. The molecule has 4 atom stereocenters. The van der Waals surface area contributed by atoms with E-state index >= 15 is 0 Å². The van der Waals surface area contributed by atoms with Crippen LogP contribution in [0.1, 0.15) is 52.9 Å². The molecule has 2 saturated heterocycles. The Morgan fingerprint density at radius 3 is 2.55 bits per heavy atom. The summed E-state index contributed by atoms with van der Waals surface area (Å²) in [5.41, 5.74) is 0. The number of nitrogens with one attached hydrogen (secondary N) is 2. The summed E-state index contributed by atoms with van der Waals surface area (Å²) in [6.45, 7) is 5.89. The van der Waals surface area contributed by atoms with E-state index in [0.717, 1.165) is 25.0 Å². The van der Waals surface area contributed by atoms with E-state index in [9.17, 15) is 9.59 Å². The van der Waals surface area contributed by atoms with Gasteiger partial charge in [0.25, 0.3) is 0 Å². The highest BCUT2D eigenvalue weighted by Crippen LogP contribution is 2.33. The molecule has 2 fully saturated rings. The van der Waals surface area contributed by atoms with Crippen LogP contribution in [0.4, 0.5) is 4.79 Å². The average molecular weight is 320 g/mol. The monoisotopic (exact) mass is 320 g/mol. The minimum Gasteiger partial charge on any atom is -0.332 e. The number of hydrogen-bond donors (Lipinski definition) is 2. The van der Waals surface area contributed by atoms with E-state index in [1.807, 2.05) is 11.8 Å². The molecule has 0 saturated carbocycles. The van der Waals surface area contributed by atoms with Gasteiger partial charge in [0, 0.05) is 17.4 Å². The minimum absolute atomic E-state index is 0. The molecule has 2 aliphatic rings. The van der Waals surface area contributed by atoms with Crippen molar-refractivity contribution in [1.29, 1.82) is 0 Å². The van der Waals surface area contributed by atoms with Crippen LogP contribution in [0.15, 0.2) is 0 Å². The minimum atomic E-state index is -0.0240. The van der Waals surface area contributed by atoms with Crippen molar-refractivity contribution in [3.05, 3.63) is 0 Å². The Kier molecular flexibility index (Phi) is 10.3. The highest BCUT2D eigenvalue weighted by atomic mass is 32.2. The number of carbonyl (C=O) groups is 2. The van der Waals surface area contributed by atoms with E-state index in [0.29, 0.717) is 23.8 Å². The second kappa shape index (κ2) is 10.4. The van der Waals surface area contributed by atoms with Crippen LogP contribution >= 0.6 is 21.7 Å². The van der Waals surface area contributed by atoms with E-state index in [1.165, 1.54) is 6.42 Å². The number of rotatable bonds is 5. The third-order valence-corrected chi connectivity index (χ3v) is 4.71. The van der Waals surface area contributed by atoms with Gasteiger partial charge in [-0.15, -0.1) is 0 Å².